The van der Waals surface area contributed by atoms with Gasteiger partial charge in [0.05, 0.1) is 0 Å². The Morgan fingerprint density at radius 2 is 0.880 bits per heavy atom. The van der Waals surface area contributed by atoms with Crippen LogP contribution in [0.5, 0.6) is 0 Å². The van der Waals surface area contributed by atoms with E-state index in [4.69, 9.17) is 0 Å². The van der Waals surface area contributed by atoms with Crippen molar-refractivity contribution < 1.29 is 62.2 Å². The zero-order valence-corrected chi connectivity index (χ0v) is 14.6. The number of carbonyl (C=O) groups is 4. The molecule has 0 aromatic heterocycles. The quantitative estimate of drug-likeness (QED) is 0.277. The number of rotatable bonds is 2. The van der Waals surface area contributed by atoms with E-state index in [1.165, 1.54) is 0 Å². The Morgan fingerprint density at radius 3 is 1.08 bits per heavy atom. The number of hydrogen-bond acceptors (Lipinski definition) is 10. The molecule has 2 rings (SSSR count). The van der Waals surface area contributed by atoms with Crippen LogP contribution < -0.4 is 0 Å². The van der Waals surface area contributed by atoms with E-state index in [2.05, 4.69) is 0 Å². The Labute approximate surface area is 151 Å². The minimum Gasteiger partial charge on any atom is -0.744 e. The van der Waals surface area contributed by atoms with Gasteiger partial charge in [-0.05, 0) is 24.3 Å². The van der Waals surface area contributed by atoms with Gasteiger partial charge in [-0.2, -0.15) is 0 Å². The van der Waals surface area contributed by atoms with E-state index in [-0.39, 0.29) is 17.1 Å². The number of carbonyl (C=O) groups excluding carboxylic acids is 4. The molecule has 2 aliphatic rings. The van der Waals surface area contributed by atoms with Crippen LogP contribution in [0.3, 0.4) is 0 Å². The molecular weight excluding hydrogens is 423 g/mol. The maximum absolute atomic E-state index is 10.7. The minimum absolute atomic E-state index is 0. The van der Waals surface area contributed by atoms with Crippen molar-refractivity contribution in [2.45, 2.75) is 0 Å². The number of ketones is 4. The monoisotopic (exact) mass is 429 g/mol. The molecule has 25 heavy (non-hydrogen) atoms. The summed E-state index contributed by atoms with van der Waals surface area (Å²) < 4.78 is 61.9. The first kappa shape index (κ1) is 23.0. The molecule has 133 valence electrons. The van der Waals surface area contributed by atoms with Gasteiger partial charge in [0.2, 0.25) is 0 Å². The molecule has 0 aromatic carbocycles. The van der Waals surface area contributed by atoms with Gasteiger partial charge in [-0.25, -0.2) is 16.8 Å². The van der Waals surface area contributed by atoms with E-state index in [0.29, 0.717) is 12.2 Å². The van der Waals surface area contributed by atoms with Crippen molar-refractivity contribution in [1.29, 1.82) is 0 Å². The summed E-state index contributed by atoms with van der Waals surface area (Å²) in [5.41, 5.74) is 0. The van der Waals surface area contributed by atoms with Crippen LogP contribution in [0.1, 0.15) is 0 Å². The van der Waals surface area contributed by atoms with Crippen molar-refractivity contribution in [3.05, 3.63) is 46.3 Å². The second-order valence-electron chi connectivity index (χ2n) is 4.13. The van der Waals surface area contributed by atoms with E-state index in [1.807, 2.05) is 0 Å². The average molecular weight is 429 g/mol. The standard InChI is InChI=1S/2C6H4O5S.Mn/c2*7-4-1-2-5(8)6(3-4)12(9,10)11;/h2*1-3H,(H,9,10,11);/q;;+2/p-2. The summed E-state index contributed by atoms with van der Waals surface area (Å²) >= 11 is 0. The maximum atomic E-state index is 10.7. The average Bonchev–Trinajstić information content (AvgIpc) is 2.42. The molecule has 1 radical (unpaired) electrons. The molecule has 0 amide bonds. The minimum atomic E-state index is -4.82. The van der Waals surface area contributed by atoms with Crippen molar-refractivity contribution in [1.82, 2.24) is 0 Å². The number of allylic oxidation sites excluding steroid dienone is 8. The molecular formula is C12H6MnO10S2. The van der Waals surface area contributed by atoms with Crippen molar-refractivity contribution in [2.24, 2.45) is 0 Å². The van der Waals surface area contributed by atoms with Crippen LogP contribution in [0.4, 0.5) is 0 Å². The molecule has 0 aromatic rings. The fraction of sp³-hybridized carbons (Fsp3) is 0. The first-order valence-electron chi connectivity index (χ1n) is 5.70. The Balaban J connectivity index is 0.000000443. The van der Waals surface area contributed by atoms with Crippen molar-refractivity contribution in [3.8, 4) is 0 Å². The zero-order valence-electron chi connectivity index (χ0n) is 11.7. The summed E-state index contributed by atoms with van der Waals surface area (Å²) in [5.74, 6) is -3.26. The third kappa shape index (κ3) is 6.78. The van der Waals surface area contributed by atoms with Gasteiger partial charge >= 0.3 is 17.1 Å². The SMILES string of the molecule is O=C1C=CC(=O)C(S(=O)(=O)[O-])=C1.O=C1C=CC(=O)C(S(=O)(=O)[O-])=C1.[Mn+2]. The summed E-state index contributed by atoms with van der Waals surface area (Å²) in [5, 5.41) is 0. The topological polar surface area (TPSA) is 183 Å². The second-order valence-corrected chi connectivity index (χ2v) is 6.82. The predicted octanol–water partition coefficient (Wildman–Crippen LogP) is -1.76. The molecule has 0 aliphatic heterocycles. The van der Waals surface area contributed by atoms with Gasteiger partial charge in [0.15, 0.2) is 23.1 Å². The Kier molecular flexibility index (Phi) is 7.70. The van der Waals surface area contributed by atoms with E-state index in [0.717, 1.165) is 24.3 Å². The first-order valence-corrected chi connectivity index (χ1v) is 8.52. The van der Waals surface area contributed by atoms with Crippen LogP contribution in [-0.4, -0.2) is 49.1 Å². The van der Waals surface area contributed by atoms with Gasteiger partial charge in [-0.15, -0.1) is 0 Å². The third-order valence-electron chi connectivity index (χ3n) is 2.37. The second kappa shape index (κ2) is 8.38. The molecule has 0 atom stereocenters. The summed E-state index contributed by atoms with van der Waals surface area (Å²) in [6, 6.07) is 0. The predicted molar refractivity (Wildman–Crippen MR) is 73.9 cm³/mol. The van der Waals surface area contributed by atoms with E-state index in [9.17, 15) is 45.1 Å². The Bertz CT molecular complexity index is 881. The van der Waals surface area contributed by atoms with E-state index in [1.54, 1.807) is 0 Å². The van der Waals surface area contributed by atoms with Crippen molar-refractivity contribution in [2.75, 3.05) is 0 Å². The van der Waals surface area contributed by atoms with Gasteiger partial charge in [-0.1, -0.05) is 0 Å². The van der Waals surface area contributed by atoms with Gasteiger partial charge in [0.25, 0.3) is 0 Å². The molecule has 0 bridgehead atoms. The molecule has 0 heterocycles. The van der Waals surface area contributed by atoms with E-state index < -0.39 is 53.2 Å². The van der Waals surface area contributed by atoms with Crippen LogP contribution in [0.2, 0.25) is 0 Å². The summed E-state index contributed by atoms with van der Waals surface area (Å²) in [4.78, 5) is 40.5. The van der Waals surface area contributed by atoms with Crippen LogP contribution in [0.25, 0.3) is 0 Å². The zero-order chi connectivity index (χ0) is 18.7. The maximum Gasteiger partial charge on any atom is 2.00 e. The van der Waals surface area contributed by atoms with E-state index >= 15 is 0 Å². The molecule has 0 fully saturated rings. The third-order valence-corrected chi connectivity index (χ3v) is 4.08. The molecule has 0 unspecified atom stereocenters. The summed E-state index contributed by atoms with van der Waals surface area (Å²) in [6.07, 6.45) is 4.35. The molecule has 0 spiro atoms. The van der Waals surface area contributed by atoms with Gasteiger partial charge in [-0.3, -0.25) is 19.2 Å². The molecule has 13 heteroatoms. The smallest absolute Gasteiger partial charge is 0.744 e. The fourth-order valence-electron chi connectivity index (χ4n) is 1.37. The summed E-state index contributed by atoms with van der Waals surface area (Å²) in [6.45, 7) is 0. The van der Waals surface area contributed by atoms with Gasteiger partial charge in [0.1, 0.15) is 30.0 Å². The first-order chi connectivity index (χ1) is 10.8. The summed E-state index contributed by atoms with van der Waals surface area (Å²) in [7, 11) is -9.64. The van der Waals surface area contributed by atoms with Crippen LogP contribution in [-0.2, 0) is 56.5 Å². The molecule has 10 nitrogen and oxygen atoms in total. The van der Waals surface area contributed by atoms with Crippen LogP contribution in [0.15, 0.2) is 46.3 Å². The van der Waals surface area contributed by atoms with Crippen LogP contribution >= 0.6 is 0 Å². The fourth-order valence-corrected chi connectivity index (χ4v) is 2.52. The van der Waals surface area contributed by atoms with Gasteiger partial charge < -0.3 is 9.11 Å². The van der Waals surface area contributed by atoms with Crippen molar-refractivity contribution >= 4 is 43.4 Å². The largest absolute Gasteiger partial charge is 2.00 e. The molecule has 0 saturated carbocycles. The van der Waals surface area contributed by atoms with Crippen molar-refractivity contribution in [3.63, 3.8) is 0 Å². The molecule has 0 N–H and O–H groups in total. The molecule has 0 saturated heterocycles. The number of hydrogen-bond donors (Lipinski definition) is 0. The Hall–Kier alpha value is -2.02. The Morgan fingerprint density at radius 1 is 0.600 bits per heavy atom. The van der Waals surface area contributed by atoms with Gasteiger partial charge in [0, 0.05) is 12.2 Å². The normalized spacial score (nSPS) is 17.2. The molecule has 2 aliphatic carbocycles. The van der Waals surface area contributed by atoms with Crippen LogP contribution in [0, 0.1) is 0 Å².